The third kappa shape index (κ3) is 1.84. The van der Waals surface area contributed by atoms with Crippen LogP contribution in [0.4, 0.5) is 10.1 Å². The molecule has 1 fully saturated rings. The number of halogens is 2. The molecule has 1 aliphatic rings. The van der Waals surface area contributed by atoms with Crippen molar-refractivity contribution in [1.29, 1.82) is 0 Å². The molecule has 2 rings (SSSR count). The van der Waals surface area contributed by atoms with Gasteiger partial charge in [-0.25, -0.2) is 4.39 Å². The van der Waals surface area contributed by atoms with E-state index < -0.39 is 0 Å². The second-order valence-corrected chi connectivity index (χ2v) is 5.72. The number of benzene rings is 1. The van der Waals surface area contributed by atoms with Crippen molar-refractivity contribution in [3.63, 3.8) is 0 Å². The largest absolute Gasteiger partial charge is 0.392 e. The molecule has 0 aromatic heterocycles. The fourth-order valence-electron chi connectivity index (χ4n) is 1.96. The standard InChI is InChI=1S/C12H15BrFNO/c1-12(2)9(6-10(12)16)15-11-7(13)4-3-5-8(11)14/h3-5,9-10,15-16H,6H2,1-2H3. The van der Waals surface area contributed by atoms with E-state index in [2.05, 4.69) is 21.2 Å². The predicted molar refractivity (Wildman–Crippen MR) is 65.9 cm³/mol. The van der Waals surface area contributed by atoms with Gasteiger partial charge in [0.15, 0.2) is 0 Å². The first kappa shape index (κ1) is 11.9. The molecule has 0 saturated heterocycles. The topological polar surface area (TPSA) is 32.3 Å². The van der Waals surface area contributed by atoms with Crippen LogP contribution in [0.3, 0.4) is 0 Å². The molecule has 0 spiro atoms. The Kier molecular flexibility index (Phi) is 2.97. The van der Waals surface area contributed by atoms with Gasteiger partial charge < -0.3 is 10.4 Å². The van der Waals surface area contributed by atoms with Gasteiger partial charge >= 0.3 is 0 Å². The second-order valence-electron chi connectivity index (χ2n) is 4.87. The lowest BCUT2D eigenvalue weighted by molar-refractivity contribution is -0.0511. The van der Waals surface area contributed by atoms with Crippen LogP contribution in [0.1, 0.15) is 20.3 Å². The Morgan fingerprint density at radius 1 is 1.50 bits per heavy atom. The Labute approximate surface area is 103 Å². The summed E-state index contributed by atoms with van der Waals surface area (Å²) in [6.07, 6.45) is 0.351. The molecule has 88 valence electrons. The van der Waals surface area contributed by atoms with Crippen LogP contribution in [0.25, 0.3) is 0 Å². The Hall–Kier alpha value is -0.610. The maximum atomic E-state index is 13.6. The minimum absolute atomic E-state index is 0.107. The molecule has 0 aliphatic heterocycles. The molecule has 0 bridgehead atoms. The molecule has 0 amide bonds. The normalized spacial score (nSPS) is 27.3. The highest BCUT2D eigenvalue weighted by molar-refractivity contribution is 9.10. The van der Waals surface area contributed by atoms with E-state index in [1.54, 1.807) is 12.1 Å². The van der Waals surface area contributed by atoms with E-state index in [1.807, 2.05) is 13.8 Å². The minimum Gasteiger partial charge on any atom is -0.392 e. The van der Waals surface area contributed by atoms with Crippen molar-refractivity contribution in [2.75, 3.05) is 5.32 Å². The third-order valence-corrected chi connectivity index (χ3v) is 4.16. The van der Waals surface area contributed by atoms with Gasteiger partial charge in [0.1, 0.15) is 5.82 Å². The monoisotopic (exact) mass is 287 g/mol. The third-order valence-electron chi connectivity index (χ3n) is 3.50. The fraction of sp³-hybridized carbons (Fsp3) is 0.500. The van der Waals surface area contributed by atoms with Crippen molar-refractivity contribution in [1.82, 2.24) is 0 Å². The Bertz CT molecular complexity index is 388. The van der Waals surface area contributed by atoms with Gasteiger partial charge in [-0.05, 0) is 34.5 Å². The fourth-order valence-corrected chi connectivity index (χ4v) is 2.41. The number of anilines is 1. The number of aliphatic hydroxyl groups is 1. The minimum atomic E-state index is -0.310. The lowest BCUT2D eigenvalue weighted by Gasteiger charge is -2.50. The van der Waals surface area contributed by atoms with Gasteiger partial charge in [-0.15, -0.1) is 0 Å². The lowest BCUT2D eigenvalue weighted by Crippen LogP contribution is -2.57. The van der Waals surface area contributed by atoms with E-state index >= 15 is 0 Å². The molecule has 2 unspecified atom stereocenters. The van der Waals surface area contributed by atoms with Crippen LogP contribution in [0.5, 0.6) is 0 Å². The number of rotatable bonds is 2. The first-order chi connectivity index (χ1) is 7.43. The summed E-state index contributed by atoms with van der Waals surface area (Å²) in [4.78, 5) is 0. The molecule has 1 aliphatic carbocycles. The van der Waals surface area contributed by atoms with Crippen LogP contribution in [0.2, 0.25) is 0 Å². The van der Waals surface area contributed by atoms with Crippen molar-refractivity contribution in [3.8, 4) is 0 Å². The average molecular weight is 288 g/mol. The van der Waals surface area contributed by atoms with Crippen LogP contribution in [0, 0.1) is 11.2 Å². The van der Waals surface area contributed by atoms with Gasteiger partial charge in [-0.2, -0.15) is 0 Å². The number of aliphatic hydroxyl groups excluding tert-OH is 1. The lowest BCUT2D eigenvalue weighted by atomic mass is 9.64. The number of para-hydroxylation sites is 1. The van der Waals surface area contributed by atoms with Crippen molar-refractivity contribution >= 4 is 21.6 Å². The molecule has 1 saturated carbocycles. The molecule has 4 heteroatoms. The number of hydrogen-bond acceptors (Lipinski definition) is 2. The summed E-state index contributed by atoms with van der Waals surface area (Å²) in [5, 5.41) is 12.8. The van der Waals surface area contributed by atoms with E-state index in [-0.39, 0.29) is 23.4 Å². The molecule has 0 radical (unpaired) electrons. The molecule has 0 heterocycles. The first-order valence-corrected chi connectivity index (χ1v) is 6.11. The van der Waals surface area contributed by atoms with Gasteiger partial charge in [-0.3, -0.25) is 0 Å². The highest BCUT2D eigenvalue weighted by Crippen LogP contribution is 2.43. The van der Waals surface area contributed by atoms with Crippen LogP contribution in [-0.2, 0) is 0 Å². The summed E-state index contributed by atoms with van der Waals surface area (Å²) in [5.74, 6) is -0.272. The van der Waals surface area contributed by atoms with Gasteiger partial charge in [0.2, 0.25) is 0 Å². The van der Waals surface area contributed by atoms with Gasteiger partial charge in [0.25, 0.3) is 0 Å². The zero-order chi connectivity index (χ0) is 11.9. The summed E-state index contributed by atoms with van der Waals surface area (Å²) in [6.45, 7) is 3.96. The van der Waals surface area contributed by atoms with E-state index in [4.69, 9.17) is 0 Å². The van der Waals surface area contributed by atoms with Gasteiger partial charge in [0.05, 0.1) is 11.8 Å². The van der Waals surface area contributed by atoms with Crippen LogP contribution in [0.15, 0.2) is 22.7 Å². The zero-order valence-electron chi connectivity index (χ0n) is 9.30. The quantitative estimate of drug-likeness (QED) is 0.876. The number of hydrogen-bond donors (Lipinski definition) is 2. The van der Waals surface area contributed by atoms with Gasteiger partial charge in [0, 0.05) is 15.9 Å². The Balaban J connectivity index is 2.17. The first-order valence-electron chi connectivity index (χ1n) is 5.31. The molecule has 2 nitrogen and oxygen atoms in total. The molecular formula is C12H15BrFNO. The highest BCUT2D eigenvalue weighted by atomic mass is 79.9. The van der Waals surface area contributed by atoms with E-state index in [1.165, 1.54) is 6.07 Å². The smallest absolute Gasteiger partial charge is 0.147 e. The van der Waals surface area contributed by atoms with Crippen molar-refractivity contribution in [2.45, 2.75) is 32.4 Å². The van der Waals surface area contributed by atoms with Crippen LogP contribution >= 0.6 is 15.9 Å². The SMILES string of the molecule is CC1(C)C(O)CC1Nc1c(F)cccc1Br. The maximum absolute atomic E-state index is 13.6. The second kappa shape index (κ2) is 4.00. The Morgan fingerprint density at radius 3 is 2.69 bits per heavy atom. The summed E-state index contributed by atoms with van der Waals surface area (Å²) >= 11 is 3.32. The zero-order valence-corrected chi connectivity index (χ0v) is 10.9. The molecule has 1 aromatic rings. The van der Waals surface area contributed by atoms with Crippen molar-refractivity contribution in [2.24, 2.45) is 5.41 Å². The molecule has 2 atom stereocenters. The molecule has 2 N–H and O–H groups in total. The summed E-state index contributed by atoms with van der Waals surface area (Å²) in [5.41, 5.74) is 0.273. The summed E-state index contributed by atoms with van der Waals surface area (Å²) in [7, 11) is 0. The van der Waals surface area contributed by atoms with Crippen molar-refractivity contribution < 1.29 is 9.50 Å². The molecule has 1 aromatic carbocycles. The Morgan fingerprint density at radius 2 is 2.19 bits per heavy atom. The maximum Gasteiger partial charge on any atom is 0.147 e. The highest BCUT2D eigenvalue weighted by Gasteiger charge is 2.47. The van der Waals surface area contributed by atoms with E-state index in [0.717, 1.165) is 0 Å². The van der Waals surface area contributed by atoms with Crippen molar-refractivity contribution in [3.05, 3.63) is 28.5 Å². The summed E-state index contributed by atoms with van der Waals surface area (Å²) in [6, 6.07) is 4.99. The van der Waals surface area contributed by atoms with E-state index in [0.29, 0.717) is 16.6 Å². The van der Waals surface area contributed by atoms with E-state index in [9.17, 15) is 9.50 Å². The predicted octanol–water partition coefficient (Wildman–Crippen LogP) is 3.16. The molecular weight excluding hydrogens is 273 g/mol. The van der Waals surface area contributed by atoms with Crippen LogP contribution in [-0.4, -0.2) is 17.3 Å². The summed E-state index contributed by atoms with van der Waals surface area (Å²) < 4.78 is 14.3. The van der Waals surface area contributed by atoms with Crippen LogP contribution < -0.4 is 5.32 Å². The number of nitrogens with one attached hydrogen (secondary N) is 1. The average Bonchev–Trinajstić information content (AvgIpc) is 2.22. The van der Waals surface area contributed by atoms with Gasteiger partial charge in [-0.1, -0.05) is 19.9 Å². The molecule has 16 heavy (non-hydrogen) atoms.